The minimum absolute atomic E-state index is 0. The van der Waals surface area contributed by atoms with E-state index in [4.69, 9.17) is 4.74 Å². The van der Waals surface area contributed by atoms with Crippen LogP contribution in [0.2, 0.25) is 0 Å². The Labute approximate surface area is 206 Å². The summed E-state index contributed by atoms with van der Waals surface area (Å²) >= 11 is 0. The van der Waals surface area contributed by atoms with E-state index in [2.05, 4.69) is 9.88 Å². The lowest BCUT2D eigenvalue weighted by Gasteiger charge is -2.28. The Bertz CT molecular complexity index is 1160. The molecule has 0 aliphatic carbocycles. The maximum Gasteiger partial charge on any atom is 0.261 e. The number of carbonyl (C=O) groups is 1. The Kier molecular flexibility index (Phi) is 8.41. The molecular weight excluding hydrogens is 448 g/mol. The first-order chi connectivity index (χ1) is 16.1. The number of aliphatic hydroxyl groups is 1. The van der Waals surface area contributed by atoms with Gasteiger partial charge in [0.1, 0.15) is 5.75 Å². The number of ether oxygens (including phenoxy) is 1. The van der Waals surface area contributed by atoms with E-state index in [1.807, 2.05) is 85.2 Å². The van der Waals surface area contributed by atoms with Gasteiger partial charge in [-0.15, -0.1) is 0 Å². The lowest BCUT2D eigenvalue weighted by atomic mass is 9.85. The molecule has 174 valence electrons. The zero-order chi connectivity index (χ0) is 23.1. The summed E-state index contributed by atoms with van der Waals surface area (Å²) in [5.41, 5.74) is 1.34. The summed E-state index contributed by atoms with van der Waals surface area (Å²) in [6.07, 6.45) is 3.98. The van der Waals surface area contributed by atoms with Crippen molar-refractivity contribution >= 4 is 5.91 Å². The molecule has 0 unspecified atom stereocenters. The normalized spacial score (nSPS) is 10.8. The van der Waals surface area contributed by atoms with Gasteiger partial charge in [-0.3, -0.25) is 4.79 Å². The molecule has 34 heavy (non-hydrogen) atoms. The van der Waals surface area contributed by atoms with Gasteiger partial charge in [-0.2, -0.15) is 0 Å². The van der Waals surface area contributed by atoms with Crippen molar-refractivity contribution in [3.8, 4) is 5.75 Å². The molecule has 3 aromatic carbocycles. The summed E-state index contributed by atoms with van der Waals surface area (Å²) < 4.78 is 7.28. The van der Waals surface area contributed by atoms with Crippen molar-refractivity contribution < 1.29 is 31.6 Å². The fourth-order valence-corrected chi connectivity index (χ4v) is 3.82. The standard InChI is InChI=1S/C28H26N2O3.ClH/c1-33-26-16-14-22(15-17-26)20-30-18-8-9-23(21-30)19-29-27(31)28(32,24-10-4-2-5-11-24)25-12-6-3-7-13-25;/h2-18,21,32H,19-20H2,1H3;1H. The van der Waals surface area contributed by atoms with Gasteiger partial charge < -0.3 is 27.6 Å². The second-order valence-electron chi connectivity index (χ2n) is 7.86. The summed E-state index contributed by atoms with van der Waals surface area (Å²) in [5.74, 6) is 0.356. The molecule has 0 aliphatic rings. The Balaban J connectivity index is 0.00000324. The number of halogens is 1. The van der Waals surface area contributed by atoms with Crippen LogP contribution in [0.4, 0.5) is 0 Å². The molecule has 0 aliphatic heterocycles. The highest BCUT2D eigenvalue weighted by Gasteiger charge is 2.39. The smallest absolute Gasteiger partial charge is 0.261 e. The van der Waals surface area contributed by atoms with Crippen molar-refractivity contribution in [1.82, 2.24) is 5.32 Å². The largest absolute Gasteiger partial charge is 1.00 e. The molecule has 4 aromatic rings. The van der Waals surface area contributed by atoms with Crippen LogP contribution in [-0.4, -0.2) is 18.1 Å². The number of nitrogens with zero attached hydrogens (tertiary/aromatic N) is 1. The number of hydrogen-bond acceptors (Lipinski definition) is 3. The number of rotatable bonds is 8. The summed E-state index contributed by atoms with van der Waals surface area (Å²) in [6.45, 7) is 0.994. The third kappa shape index (κ3) is 5.63. The summed E-state index contributed by atoms with van der Waals surface area (Å²) in [4.78, 5) is 13.3. The lowest BCUT2D eigenvalue weighted by Crippen LogP contribution is -3.00. The van der Waals surface area contributed by atoms with Gasteiger partial charge in [0.2, 0.25) is 0 Å². The van der Waals surface area contributed by atoms with Crippen LogP contribution in [0.1, 0.15) is 22.3 Å². The quantitative estimate of drug-likeness (QED) is 0.367. The molecule has 1 aromatic heterocycles. The molecular formula is C28H27ClN2O3. The maximum absolute atomic E-state index is 13.3. The summed E-state index contributed by atoms with van der Waals surface area (Å²) in [6, 6.07) is 29.9. The first-order valence-corrected chi connectivity index (χ1v) is 10.8. The van der Waals surface area contributed by atoms with Crippen LogP contribution in [0.3, 0.4) is 0 Å². The van der Waals surface area contributed by atoms with E-state index in [1.54, 1.807) is 31.4 Å². The molecule has 0 spiro atoms. The summed E-state index contributed by atoms with van der Waals surface area (Å²) in [5, 5.41) is 14.5. The van der Waals surface area contributed by atoms with Crippen molar-refractivity contribution in [2.75, 3.05) is 7.11 Å². The highest BCUT2D eigenvalue weighted by molar-refractivity contribution is 5.90. The monoisotopic (exact) mass is 474 g/mol. The number of hydrogen-bond donors (Lipinski definition) is 2. The van der Waals surface area contributed by atoms with Gasteiger partial charge in [0.05, 0.1) is 7.11 Å². The van der Waals surface area contributed by atoms with E-state index in [9.17, 15) is 9.90 Å². The van der Waals surface area contributed by atoms with E-state index in [0.717, 1.165) is 16.9 Å². The van der Waals surface area contributed by atoms with Crippen LogP contribution in [0.25, 0.3) is 0 Å². The third-order valence-corrected chi connectivity index (χ3v) is 5.61. The number of pyridine rings is 1. The number of amides is 1. The average Bonchev–Trinajstić information content (AvgIpc) is 2.88. The van der Waals surface area contributed by atoms with Gasteiger partial charge in [-0.1, -0.05) is 60.7 Å². The van der Waals surface area contributed by atoms with Crippen LogP contribution < -0.4 is 27.0 Å². The summed E-state index contributed by atoms with van der Waals surface area (Å²) in [7, 11) is 1.65. The van der Waals surface area contributed by atoms with E-state index in [0.29, 0.717) is 24.2 Å². The van der Waals surface area contributed by atoms with Crippen molar-refractivity contribution in [2.45, 2.75) is 18.7 Å². The fraction of sp³-hybridized carbons (Fsp3) is 0.143. The average molecular weight is 475 g/mol. The van der Waals surface area contributed by atoms with Crippen molar-refractivity contribution in [2.24, 2.45) is 0 Å². The third-order valence-electron chi connectivity index (χ3n) is 5.61. The van der Waals surface area contributed by atoms with E-state index >= 15 is 0 Å². The second-order valence-corrected chi connectivity index (χ2v) is 7.86. The van der Waals surface area contributed by atoms with Crippen LogP contribution >= 0.6 is 0 Å². The van der Waals surface area contributed by atoms with Crippen LogP contribution in [0.5, 0.6) is 5.75 Å². The molecule has 5 nitrogen and oxygen atoms in total. The van der Waals surface area contributed by atoms with Crippen molar-refractivity contribution in [3.63, 3.8) is 0 Å². The van der Waals surface area contributed by atoms with Gasteiger partial charge in [0.25, 0.3) is 5.91 Å². The van der Waals surface area contributed by atoms with Crippen molar-refractivity contribution in [3.05, 3.63) is 132 Å². The van der Waals surface area contributed by atoms with E-state index < -0.39 is 11.5 Å². The van der Waals surface area contributed by atoms with Gasteiger partial charge in [0, 0.05) is 23.7 Å². The highest BCUT2D eigenvalue weighted by Crippen LogP contribution is 2.30. The molecule has 0 saturated carbocycles. The Morgan fingerprint density at radius 1 is 0.853 bits per heavy atom. The van der Waals surface area contributed by atoms with Crippen LogP contribution in [0.15, 0.2) is 109 Å². The highest BCUT2D eigenvalue weighted by atomic mass is 35.5. The van der Waals surface area contributed by atoms with Gasteiger partial charge in [0.15, 0.2) is 24.5 Å². The number of methoxy groups -OCH3 is 1. The minimum atomic E-state index is -1.78. The second kappa shape index (κ2) is 11.5. The van der Waals surface area contributed by atoms with Crippen molar-refractivity contribution in [1.29, 1.82) is 0 Å². The molecule has 0 saturated heterocycles. The van der Waals surface area contributed by atoms with Gasteiger partial charge in [-0.25, -0.2) is 4.57 Å². The Morgan fingerprint density at radius 3 is 2.00 bits per heavy atom. The van der Waals surface area contributed by atoms with Crippen LogP contribution in [0, 0.1) is 0 Å². The number of carbonyl (C=O) groups excluding carboxylic acids is 1. The maximum atomic E-state index is 13.3. The van der Waals surface area contributed by atoms with Crippen LogP contribution in [-0.2, 0) is 23.5 Å². The van der Waals surface area contributed by atoms with Gasteiger partial charge >= 0.3 is 0 Å². The zero-order valence-electron chi connectivity index (χ0n) is 18.9. The molecule has 6 heteroatoms. The molecule has 0 bridgehead atoms. The fourth-order valence-electron chi connectivity index (χ4n) is 3.82. The first-order valence-electron chi connectivity index (χ1n) is 10.8. The lowest BCUT2D eigenvalue weighted by molar-refractivity contribution is -0.688. The predicted octanol–water partition coefficient (Wildman–Crippen LogP) is 0.587. The van der Waals surface area contributed by atoms with E-state index in [-0.39, 0.29) is 12.4 Å². The number of benzene rings is 3. The Morgan fingerprint density at radius 2 is 1.44 bits per heavy atom. The number of aromatic nitrogens is 1. The SMILES string of the molecule is COc1ccc(C[n+]2cccc(CNC(=O)C(O)(c3ccccc3)c3ccccc3)c2)cc1.[Cl-]. The van der Waals surface area contributed by atoms with E-state index in [1.165, 1.54) is 0 Å². The molecule has 0 atom stereocenters. The topological polar surface area (TPSA) is 62.4 Å². The van der Waals surface area contributed by atoms with Gasteiger partial charge in [-0.05, 0) is 41.5 Å². The number of nitrogens with one attached hydrogen (secondary N) is 1. The predicted molar refractivity (Wildman–Crippen MR) is 126 cm³/mol. The zero-order valence-corrected chi connectivity index (χ0v) is 19.7. The minimum Gasteiger partial charge on any atom is -1.00 e. The molecule has 2 N–H and O–H groups in total. The molecule has 0 fully saturated rings. The first kappa shape index (κ1) is 25.0. The molecule has 1 heterocycles. The molecule has 0 radical (unpaired) electrons. The Hall–Kier alpha value is -3.67. The molecule has 1 amide bonds. The molecule has 4 rings (SSSR count).